The van der Waals surface area contributed by atoms with E-state index in [4.69, 9.17) is 24.8 Å². The van der Waals surface area contributed by atoms with E-state index in [2.05, 4.69) is 4.74 Å². The molecule has 0 fully saturated rings. The summed E-state index contributed by atoms with van der Waals surface area (Å²) in [6.45, 7) is -1.11. The summed E-state index contributed by atoms with van der Waals surface area (Å²) in [6.07, 6.45) is -1.52. The molecule has 0 amide bonds. The molecule has 0 bridgehead atoms. The maximum atomic E-state index is 11.7. The molecule has 0 rings (SSSR count). The van der Waals surface area contributed by atoms with Gasteiger partial charge in [-0.15, -0.1) is 0 Å². The number of hydrogen-bond donors (Lipinski definition) is 3. The number of hydrogen-bond acceptors (Lipinski definition) is 8. The quantitative estimate of drug-likeness (QED) is 0.283. The molecule has 0 atom stereocenters. The summed E-state index contributed by atoms with van der Waals surface area (Å²) >= 11 is 0. The molecule has 0 aromatic heterocycles. The fourth-order valence-corrected chi connectivity index (χ4v) is 1.13. The molecule has 8 nitrogen and oxygen atoms in total. The molecule has 0 unspecified atom stereocenters. The van der Waals surface area contributed by atoms with Gasteiger partial charge < -0.3 is 29.5 Å². The average Bonchev–Trinajstić information content (AvgIpc) is 2.42. The third-order valence-corrected chi connectivity index (χ3v) is 1.91. The smallest absolute Gasteiger partial charge is 0.306 e. The molecule has 19 heavy (non-hydrogen) atoms. The van der Waals surface area contributed by atoms with Gasteiger partial charge in [-0.2, -0.15) is 0 Å². The Hall–Kier alpha value is -1.06. The summed E-state index contributed by atoms with van der Waals surface area (Å²) in [5.74, 6) is -1.09. The molecular weight excluding hydrogens is 260 g/mol. The lowest BCUT2D eigenvalue weighted by molar-refractivity contribution is -0.175. The standard InChI is InChI=1S/C11H20O8/c12-3-6-17-10(16)2-1-9(15)11(18-7-4-13)19-8-5-14/h11-14H,1-8H2. The van der Waals surface area contributed by atoms with E-state index in [-0.39, 0.29) is 52.5 Å². The van der Waals surface area contributed by atoms with Gasteiger partial charge in [0.2, 0.25) is 6.29 Å². The molecule has 0 aromatic rings. The van der Waals surface area contributed by atoms with E-state index in [0.29, 0.717) is 0 Å². The summed E-state index contributed by atoms with van der Waals surface area (Å²) in [7, 11) is 0. The molecule has 0 heterocycles. The zero-order valence-corrected chi connectivity index (χ0v) is 10.6. The molecule has 0 aliphatic rings. The molecule has 0 aliphatic carbocycles. The Bertz CT molecular complexity index is 247. The molecule has 0 aliphatic heterocycles. The number of aliphatic hydroxyl groups excluding tert-OH is 3. The second kappa shape index (κ2) is 12.0. The predicted molar refractivity (Wildman–Crippen MR) is 62.1 cm³/mol. The zero-order valence-electron chi connectivity index (χ0n) is 10.6. The Morgan fingerprint density at radius 3 is 1.84 bits per heavy atom. The van der Waals surface area contributed by atoms with Crippen molar-refractivity contribution in [3.05, 3.63) is 0 Å². The maximum Gasteiger partial charge on any atom is 0.306 e. The molecule has 3 N–H and O–H groups in total. The Balaban J connectivity index is 4.04. The molecular formula is C11H20O8. The van der Waals surface area contributed by atoms with Gasteiger partial charge in [0, 0.05) is 6.42 Å². The first-order chi connectivity index (χ1) is 9.15. The summed E-state index contributed by atoms with van der Waals surface area (Å²) in [5, 5.41) is 25.6. The van der Waals surface area contributed by atoms with Crippen LogP contribution in [0.15, 0.2) is 0 Å². The summed E-state index contributed by atoms with van der Waals surface area (Å²) in [6, 6.07) is 0. The van der Waals surface area contributed by atoms with E-state index in [9.17, 15) is 9.59 Å². The second-order valence-electron chi connectivity index (χ2n) is 3.43. The lowest BCUT2D eigenvalue weighted by atomic mass is 10.2. The highest BCUT2D eigenvalue weighted by molar-refractivity contribution is 5.85. The molecule has 0 saturated carbocycles. The first-order valence-electron chi connectivity index (χ1n) is 5.89. The third kappa shape index (κ3) is 9.51. The van der Waals surface area contributed by atoms with E-state index in [1.165, 1.54) is 0 Å². The van der Waals surface area contributed by atoms with Crippen LogP contribution in [0.1, 0.15) is 12.8 Å². The van der Waals surface area contributed by atoms with Gasteiger partial charge in [0.15, 0.2) is 5.78 Å². The maximum absolute atomic E-state index is 11.7. The van der Waals surface area contributed by atoms with Gasteiger partial charge in [0.1, 0.15) is 6.61 Å². The van der Waals surface area contributed by atoms with Crippen molar-refractivity contribution in [1.82, 2.24) is 0 Å². The van der Waals surface area contributed by atoms with Crippen LogP contribution in [0.4, 0.5) is 0 Å². The topological polar surface area (TPSA) is 123 Å². The van der Waals surface area contributed by atoms with Crippen LogP contribution in [0.2, 0.25) is 0 Å². The number of rotatable bonds is 12. The number of carbonyl (C=O) groups is 2. The van der Waals surface area contributed by atoms with Gasteiger partial charge in [0.25, 0.3) is 0 Å². The first kappa shape index (κ1) is 17.9. The molecule has 112 valence electrons. The Morgan fingerprint density at radius 1 is 0.842 bits per heavy atom. The van der Waals surface area contributed by atoms with Gasteiger partial charge in [0.05, 0.1) is 39.5 Å². The van der Waals surface area contributed by atoms with Crippen molar-refractivity contribution in [3.8, 4) is 0 Å². The van der Waals surface area contributed by atoms with Crippen LogP contribution in [0, 0.1) is 0 Å². The van der Waals surface area contributed by atoms with E-state index >= 15 is 0 Å². The largest absolute Gasteiger partial charge is 0.463 e. The lowest BCUT2D eigenvalue weighted by Crippen LogP contribution is -2.30. The van der Waals surface area contributed by atoms with E-state index < -0.39 is 18.0 Å². The molecule has 8 heteroatoms. The second-order valence-corrected chi connectivity index (χ2v) is 3.43. The van der Waals surface area contributed by atoms with Gasteiger partial charge in [-0.1, -0.05) is 0 Å². The van der Waals surface area contributed by atoms with Crippen LogP contribution in [0.5, 0.6) is 0 Å². The minimum Gasteiger partial charge on any atom is -0.463 e. The number of carbonyl (C=O) groups excluding carboxylic acids is 2. The van der Waals surface area contributed by atoms with Crippen LogP contribution < -0.4 is 0 Å². The zero-order chi connectivity index (χ0) is 14.5. The van der Waals surface area contributed by atoms with Crippen molar-refractivity contribution in [1.29, 1.82) is 0 Å². The first-order valence-corrected chi connectivity index (χ1v) is 5.89. The number of ether oxygens (including phenoxy) is 3. The van der Waals surface area contributed by atoms with Crippen LogP contribution >= 0.6 is 0 Å². The van der Waals surface area contributed by atoms with Crippen molar-refractivity contribution in [2.45, 2.75) is 19.1 Å². The molecule has 0 spiro atoms. The lowest BCUT2D eigenvalue weighted by Gasteiger charge is -2.16. The van der Waals surface area contributed by atoms with Crippen molar-refractivity contribution in [2.24, 2.45) is 0 Å². The molecule has 0 saturated heterocycles. The van der Waals surface area contributed by atoms with Gasteiger partial charge in [-0.25, -0.2) is 0 Å². The highest BCUT2D eigenvalue weighted by Gasteiger charge is 2.20. The van der Waals surface area contributed by atoms with Crippen LogP contribution in [-0.2, 0) is 23.8 Å². The highest BCUT2D eigenvalue weighted by Crippen LogP contribution is 2.04. The molecule has 0 radical (unpaired) electrons. The van der Waals surface area contributed by atoms with Gasteiger partial charge in [-0.3, -0.25) is 9.59 Å². The molecule has 0 aromatic carbocycles. The SMILES string of the molecule is O=C(CCC(=O)C(OCCO)OCCO)OCCO. The van der Waals surface area contributed by atoms with Crippen molar-refractivity contribution < 1.29 is 39.1 Å². The third-order valence-electron chi connectivity index (χ3n) is 1.91. The van der Waals surface area contributed by atoms with E-state index in [1.54, 1.807) is 0 Å². The normalized spacial score (nSPS) is 10.7. The number of aliphatic hydroxyl groups is 3. The average molecular weight is 280 g/mol. The number of esters is 1. The number of Topliss-reactive ketones (excluding diaryl/α,β-unsaturated/α-hetero) is 1. The summed E-state index contributed by atoms with van der Waals surface area (Å²) in [5.41, 5.74) is 0. The fourth-order valence-electron chi connectivity index (χ4n) is 1.13. The Kier molecular flexibility index (Phi) is 11.3. The predicted octanol–water partition coefficient (Wildman–Crippen LogP) is -1.78. The summed E-state index contributed by atoms with van der Waals surface area (Å²) in [4.78, 5) is 22.8. The Morgan fingerprint density at radius 2 is 1.37 bits per heavy atom. The summed E-state index contributed by atoms with van der Waals surface area (Å²) < 4.78 is 14.5. The van der Waals surface area contributed by atoms with Crippen molar-refractivity contribution >= 4 is 11.8 Å². The fraction of sp³-hybridized carbons (Fsp3) is 0.818. The minimum atomic E-state index is -1.22. The van der Waals surface area contributed by atoms with Crippen LogP contribution in [0.3, 0.4) is 0 Å². The van der Waals surface area contributed by atoms with Crippen LogP contribution in [-0.4, -0.2) is 73.0 Å². The minimum absolute atomic E-state index is 0.0865. The van der Waals surface area contributed by atoms with Gasteiger partial charge in [-0.05, 0) is 0 Å². The van der Waals surface area contributed by atoms with Crippen molar-refractivity contribution in [3.63, 3.8) is 0 Å². The number of ketones is 1. The Labute approximate surface area is 110 Å². The van der Waals surface area contributed by atoms with Gasteiger partial charge >= 0.3 is 5.97 Å². The van der Waals surface area contributed by atoms with Crippen molar-refractivity contribution in [2.75, 3.05) is 39.6 Å². The van der Waals surface area contributed by atoms with Crippen LogP contribution in [0.25, 0.3) is 0 Å². The monoisotopic (exact) mass is 280 g/mol. The van der Waals surface area contributed by atoms with E-state index in [0.717, 1.165) is 0 Å². The van der Waals surface area contributed by atoms with E-state index in [1.807, 2.05) is 0 Å². The highest BCUT2D eigenvalue weighted by atomic mass is 16.7.